The molecule has 6 rings (SSSR count). The Labute approximate surface area is 208 Å². The second kappa shape index (κ2) is 8.66. The number of aromatic nitrogens is 2. The summed E-state index contributed by atoms with van der Waals surface area (Å²) in [7, 11) is -3.78. The normalized spacial score (nSPS) is 18.1. The van der Waals surface area contributed by atoms with Crippen molar-refractivity contribution in [3.8, 4) is 11.5 Å². The largest absolute Gasteiger partial charge is 0.454 e. The van der Waals surface area contributed by atoms with Gasteiger partial charge in [0.05, 0.1) is 10.3 Å². The molecule has 3 heterocycles. The molecule has 1 aromatic heterocycles. The second-order valence-electron chi connectivity index (χ2n) is 9.10. The van der Waals surface area contributed by atoms with Gasteiger partial charge in [0.25, 0.3) is 10.0 Å². The summed E-state index contributed by atoms with van der Waals surface area (Å²) in [4.78, 5) is 25.5. The first-order chi connectivity index (χ1) is 17.4. The fourth-order valence-corrected chi connectivity index (χ4v) is 5.74. The van der Waals surface area contributed by atoms with Gasteiger partial charge in [-0.15, -0.1) is 0 Å². The third-order valence-electron chi connectivity index (χ3n) is 6.96. The number of rotatable bonds is 6. The fraction of sp³-hybridized carbons (Fsp3) is 0.320. The standard InChI is InChI=1S/C25H25N5O5S/c31-23(25(8-9-25)18-2-7-21-22(16-18)35-17-34-21)30-14-12-29(13-15-30)19-3-5-20(6-4-19)36(32,33)28-24-26-10-1-11-27-24/h1-7,10-11,16H,8-9,12-15,17H2,(H,26,27,28). The maximum absolute atomic E-state index is 13.5. The molecular weight excluding hydrogens is 482 g/mol. The first-order valence-corrected chi connectivity index (χ1v) is 13.3. The molecule has 0 unspecified atom stereocenters. The molecule has 0 spiro atoms. The van der Waals surface area contributed by atoms with E-state index in [-0.39, 0.29) is 23.5 Å². The second-order valence-corrected chi connectivity index (χ2v) is 10.8. The van der Waals surface area contributed by atoms with E-state index in [0.717, 1.165) is 29.8 Å². The van der Waals surface area contributed by atoms with Crippen molar-refractivity contribution in [3.63, 3.8) is 0 Å². The Kier molecular flexibility index (Phi) is 5.44. The van der Waals surface area contributed by atoms with Crippen LogP contribution in [0.3, 0.4) is 0 Å². The minimum Gasteiger partial charge on any atom is -0.454 e. The Morgan fingerprint density at radius 3 is 2.31 bits per heavy atom. The van der Waals surface area contributed by atoms with E-state index < -0.39 is 15.4 Å². The first-order valence-electron chi connectivity index (χ1n) is 11.8. The van der Waals surface area contributed by atoms with Crippen molar-refractivity contribution >= 4 is 27.6 Å². The molecule has 0 atom stereocenters. The van der Waals surface area contributed by atoms with Gasteiger partial charge >= 0.3 is 0 Å². The van der Waals surface area contributed by atoms with Crippen LogP contribution in [-0.2, 0) is 20.2 Å². The Hall–Kier alpha value is -3.86. The quantitative estimate of drug-likeness (QED) is 0.541. The van der Waals surface area contributed by atoms with E-state index in [4.69, 9.17) is 9.47 Å². The molecule has 1 aliphatic carbocycles. The molecule has 1 saturated heterocycles. The first kappa shape index (κ1) is 22.6. The highest BCUT2D eigenvalue weighted by atomic mass is 32.2. The van der Waals surface area contributed by atoms with Crippen molar-refractivity contribution in [2.75, 3.05) is 42.6 Å². The lowest BCUT2D eigenvalue weighted by Gasteiger charge is -2.38. The van der Waals surface area contributed by atoms with Gasteiger partial charge in [0.2, 0.25) is 18.6 Å². The van der Waals surface area contributed by atoms with Crippen LogP contribution in [0.25, 0.3) is 0 Å². The number of carbonyl (C=O) groups is 1. The number of nitrogens with one attached hydrogen (secondary N) is 1. The predicted molar refractivity (Wildman–Crippen MR) is 132 cm³/mol. The number of nitrogens with zero attached hydrogens (tertiary/aromatic N) is 4. The van der Waals surface area contributed by atoms with E-state index in [0.29, 0.717) is 31.9 Å². The van der Waals surface area contributed by atoms with Crippen LogP contribution in [0.4, 0.5) is 11.6 Å². The summed E-state index contributed by atoms with van der Waals surface area (Å²) in [6.07, 6.45) is 4.62. The Bertz CT molecular complexity index is 1390. The number of hydrogen-bond acceptors (Lipinski definition) is 8. The minimum absolute atomic E-state index is 0.0246. The number of hydrogen-bond donors (Lipinski definition) is 1. The van der Waals surface area contributed by atoms with Gasteiger partial charge in [-0.25, -0.2) is 23.1 Å². The van der Waals surface area contributed by atoms with Gasteiger partial charge < -0.3 is 19.3 Å². The number of amides is 1. The highest BCUT2D eigenvalue weighted by Crippen LogP contribution is 2.51. The van der Waals surface area contributed by atoms with Gasteiger partial charge in [-0.05, 0) is 60.9 Å². The number of anilines is 2. The van der Waals surface area contributed by atoms with Gasteiger partial charge in [0, 0.05) is 44.3 Å². The van der Waals surface area contributed by atoms with Crippen LogP contribution in [0.15, 0.2) is 65.8 Å². The van der Waals surface area contributed by atoms with E-state index in [1.54, 1.807) is 30.3 Å². The lowest BCUT2D eigenvalue weighted by atomic mass is 9.93. The van der Waals surface area contributed by atoms with Gasteiger partial charge in [-0.2, -0.15) is 0 Å². The molecule has 186 valence electrons. The topological polar surface area (TPSA) is 114 Å². The van der Waals surface area contributed by atoms with E-state index >= 15 is 0 Å². The summed E-state index contributed by atoms with van der Waals surface area (Å²) in [5.41, 5.74) is 1.44. The van der Waals surface area contributed by atoms with Crippen LogP contribution in [0.1, 0.15) is 18.4 Å². The SMILES string of the molecule is O=C(N1CCN(c2ccc(S(=O)(=O)Nc3ncccn3)cc2)CC1)C1(c2ccc3c(c2)OCO3)CC1. The number of fused-ring (bicyclic) bond motifs is 1. The molecule has 2 aromatic carbocycles. The lowest BCUT2D eigenvalue weighted by Crippen LogP contribution is -2.51. The zero-order chi connectivity index (χ0) is 24.8. The lowest BCUT2D eigenvalue weighted by molar-refractivity contribution is -0.134. The molecule has 1 amide bonds. The van der Waals surface area contributed by atoms with Crippen molar-refractivity contribution in [2.45, 2.75) is 23.2 Å². The van der Waals surface area contributed by atoms with Crippen LogP contribution in [0, 0.1) is 0 Å². The maximum atomic E-state index is 13.5. The van der Waals surface area contributed by atoms with E-state index in [1.165, 1.54) is 12.4 Å². The highest BCUT2D eigenvalue weighted by Gasteiger charge is 2.53. The maximum Gasteiger partial charge on any atom is 0.264 e. The molecule has 36 heavy (non-hydrogen) atoms. The smallest absolute Gasteiger partial charge is 0.264 e. The number of ether oxygens (including phenoxy) is 2. The molecule has 3 aromatic rings. The van der Waals surface area contributed by atoms with Crippen molar-refractivity contribution in [2.24, 2.45) is 0 Å². The number of piperazine rings is 1. The van der Waals surface area contributed by atoms with Crippen LogP contribution < -0.4 is 19.1 Å². The summed E-state index contributed by atoms with van der Waals surface area (Å²) >= 11 is 0. The monoisotopic (exact) mass is 507 g/mol. The summed E-state index contributed by atoms with van der Waals surface area (Å²) in [6, 6.07) is 14.1. The van der Waals surface area contributed by atoms with E-state index in [2.05, 4.69) is 19.6 Å². The highest BCUT2D eigenvalue weighted by molar-refractivity contribution is 7.92. The molecule has 3 aliphatic rings. The molecule has 10 nitrogen and oxygen atoms in total. The summed E-state index contributed by atoms with van der Waals surface area (Å²) in [6.45, 7) is 2.78. The number of benzene rings is 2. The third-order valence-corrected chi connectivity index (χ3v) is 8.30. The minimum atomic E-state index is -3.78. The van der Waals surface area contributed by atoms with Gasteiger partial charge in [0.15, 0.2) is 11.5 Å². The molecule has 1 N–H and O–H groups in total. The van der Waals surface area contributed by atoms with Crippen molar-refractivity contribution in [1.29, 1.82) is 0 Å². The molecular formula is C25H25N5O5S. The van der Waals surface area contributed by atoms with Gasteiger partial charge in [-0.3, -0.25) is 4.79 Å². The van der Waals surface area contributed by atoms with Crippen LogP contribution in [0.5, 0.6) is 11.5 Å². The zero-order valence-corrected chi connectivity index (χ0v) is 20.3. The van der Waals surface area contributed by atoms with Gasteiger partial charge in [0.1, 0.15) is 0 Å². The van der Waals surface area contributed by atoms with Crippen molar-refractivity contribution < 1.29 is 22.7 Å². The molecule has 0 bridgehead atoms. The van der Waals surface area contributed by atoms with Gasteiger partial charge in [-0.1, -0.05) is 6.07 Å². The summed E-state index contributed by atoms with van der Waals surface area (Å²) in [5.74, 6) is 1.61. The summed E-state index contributed by atoms with van der Waals surface area (Å²) < 4.78 is 38.5. The van der Waals surface area contributed by atoms with Crippen LogP contribution >= 0.6 is 0 Å². The van der Waals surface area contributed by atoms with E-state index in [9.17, 15) is 13.2 Å². The Balaban J connectivity index is 1.09. The fourth-order valence-electron chi connectivity index (χ4n) is 4.78. The average Bonchev–Trinajstić information content (AvgIpc) is 3.59. The Morgan fingerprint density at radius 2 is 1.61 bits per heavy atom. The zero-order valence-electron chi connectivity index (χ0n) is 19.5. The number of carbonyl (C=O) groups excluding carboxylic acids is 1. The van der Waals surface area contributed by atoms with Crippen LogP contribution in [0.2, 0.25) is 0 Å². The van der Waals surface area contributed by atoms with Crippen LogP contribution in [-0.4, -0.2) is 62.2 Å². The molecule has 2 fully saturated rings. The summed E-state index contributed by atoms with van der Waals surface area (Å²) in [5, 5.41) is 0. The average molecular weight is 508 g/mol. The van der Waals surface area contributed by atoms with E-state index in [1.807, 2.05) is 23.1 Å². The van der Waals surface area contributed by atoms with Crippen molar-refractivity contribution in [3.05, 3.63) is 66.5 Å². The Morgan fingerprint density at radius 1 is 0.917 bits per heavy atom. The molecule has 1 saturated carbocycles. The molecule has 2 aliphatic heterocycles. The third kappa shape index (κ3) is 4.09. The molecule has 11 heteroatoms. The predicted octanol–water partition coefficient (Wildman–Crippen LogP) is 2.39. The molecule has 0 radical (unpaired) electrons. The number of sulfonamides is 1. The van der Waals surface area contributed by atoms with Crippen molar-refractivity contribution in [1.82, 2.24) is 14.9 Å².